The van der Waals surface area contributed by atoms with Crippen LogP contribution in [0.3, 0.4) is 0 Å². The minimum atomic E-state index is -3.38. The topological polar surface area (TPSA) is 52.0 Å². The predicted molar refractivity (Wildman–Crippen MR) is 83.1 cm³/mol. The zero-order valence-electron chi connectivity index (χ0n) is 11.9. The van der Waals surface area contributed by atoms with Crippen LogP contribution in [0.4, 0.5) is 0 Å². The van der Waals surface area contributed by atoms with Gasteiger partial charge in [-0.1, -0.05) is 36.4 Å². The van der Waals surface area contributed by atoms with E-state index in [1.165, 1.54) is 6.26 Å². The van der Waals surface area contributed by atoms with Gasteiger partial charge in [0.1, 0.15) is 0 Å². The minimum absolute atomic E-state index is 0.118. The van der Waals surface area contributed by atoms with Crippen molar-refractivity contribution in [2.75, 3.05) is 6.26 Å². The molecule has 0 amide bonds. The Hall–Kier alpha value is -2.14. The molecule has 4 nitrogen and oxygen atoms in total. The van der Waals surface area contributed by atoms with Crippen molar-refractivity contribution in [3.8, 4) is 0 Å². The SMILES string of the molecule is Cc1ccccc1Cn1c(S(C)(=O)=O)nc2ccccc21. The van der Waals surface area contributed by atoms with Crippen molar-refractivity contribution in [1.29, 1.82) is 0 Å². The highest BCUT2D eigenvalue weighted by Crippen LogP contribution is 2.22. The molecular weight excluding hydrogens is 284 g/mol. The van der Waals surface area contributed by atoms with Gasteiger partial charge in [0.05, 0.1) is 17.6 Å². The van der Waals surface area contributed by atoms with E-state index in [4.69, 9.17) is 0 Å². The van der Waals surface area contributed by atoms with E-state index in [1.54, 1.807) is 4.57 Å². The van der Waals surface area contributed by atoms with Gasteiger partial charge in [-0.15, -0.1) is 0 Å². The number of nitrogens with zero attached hydrogens (tertiary/aromatic N) is 2. The quantitative estimate of drug-likeness (QED) is 0.747. The lowest BCUT2D eigenvalue weighted by atomic mass is 10.1. The van der Waals surface area contributed by atoms with Crippen molar-refractivity contribution in [1.82, 2.24) is 9.55 Å². The van der Waals surface area contributed by atoms with Crippen LogP contribution >= 0.6 is 0 Å². The van der Waals surface area contributed by atoms with Crippen molar-refractivity contribution in [3.05, 3.63) is 59.7 Å². The van der Waals surface area contributed by atoms with Crippen molar-refractivity contribution in [2.45, 2.75) is 18.6 Å². The van der Waals surface area contributed by atoms with Gasteiger partial charge < -0.3 is 4.57 Å². The molecule has 3 aromatic rings. The lowest BCUT2D eigenvalue weighted by Gasteiger charge is -2.10. The highest BCUT2D eigenvalue weighted by Gasteiger charge is 2.19. The van der Waals surface area contributed by atoms with Gasteiger partial charge in [-0.2, -0.15) is 0 Å². The van der Waals surface area contributed by atoms with Crippen LogP contribution in [-0.4, -0.2) is 24.2 Å². The van der Waals surface area contributed by atoms with Crippen molar-refractivity contribution in [2.24, 2.45) is 0 Å². The van der Waals surface area contributed by atoms with Crippen molar-refractivity contribution in [3.63, 3.8) is 0 Å². The highest BCUT2D eigenvalue weighted by atomic mass is 32.2. The molecule has 0 saturated carbocycles. The summed E-state index contributed by atoms with van der Waals surface area (Å²) in [5.41, 5.74) is 3.76. The van der Waals surface area contributed by atoms with Crippen LogP contribution in [0.5, 0.6) is 0 Å². The lowest BCUT2D eigenvalue weighted by Crippen LogP contribution is -2.10. The van der Waals surface area contributed by atoms with Crippen LogP contribution in [0.2, 0.25) is 0 Å². The second-order valence-corrected chi connectivity index (χ2v) is 7.08. The molecule has 0 atom stereocenters. The summed E-state index contributed by atoms with van der Waals surface area (Å²) in [5, 5.41) is 0.118. The van der Waals surface area contributed by atoms with Gasteiger partial charge in [-0.3, -0.25) is 0 Å². The Balaban J connectivity index is 2.23. The van der Waals surface area contributed by atoms with E-state index >= 15 is 0 Å². The van der Waals surface area contributed by atoms with Crippen LogP contribution < -0.4 is 0 Å². The molecule has 0 aliphatic carbocycles. The molecule has 0 N–H and O–H groups in total. The van der Waals surface area contributed by atoms with E-state index < -0.39 is 9.84 Å². The molecule has 0 radical (unpaired) electrons. The van der Waals surface area contributed by atoms with Gasteiger partial charge in [0, 0.05) is 6.26 Å². The second kappa shape index (κ2) is 5.00. The predicted octanol–water partition coefficient (Wildman–Crippen LogP) is 2.80. The standard InChI is InChI=1S/C16H16N2O2S/c1-12-7-3-4-8-13(12)11-18-15-10-6-5-9-14(15)17-16(18)21(2,19)20/h3-10H,11H2,1-2H3. The average Bonchev–Trinajstić information content (AvgIpc) is 2.80. The molecule has 0 saturated heterocycles. The van der Waals surface area contributed by atoms with Gasteiger partial charge in [-0.25, -0.2) is 13.4 Å². The number of sulfone groups is 1. The molecule has 2 aromatic carbocycles. The monoisotopic (exact) mass is 300 g/mol. The van der Waals surface area contributed by atoms with Crippen LogP contribution in [0.25, 0.3) is 11.0 Å². The largest absolute Gasteiger partial charge is 0.310 e. The molecule has 0 unspecified atom stereocenters. The molecule has 0 aliphatic heterocycles. The fourth-order valence-corrected chi connectivity index (χ4v) is 3.27. The summed E-state index contributed by atoms with van der Waals surface area (Å²) < 4.78 is 25.8. The van der Waals surface area contributed by atoms with Crippen LogP contribution in [-0.2, 0) is 16.4 Å². The van der Waals surface area contributed by atoms with Crippen LogP contribution in [0, 0.1) is 6.92 Å². The van der Waals surface area contributed by atoms with Gasteiger partial charge in [0.15, 0.2) is 0 Å². The van der Waals surface area contributed by atoms with Crippen molar-refractivity contribution >= 4 is 20.9 Å². The molecular formula is C16H16N2O2S. The van der Waals surface area contributed by atoms with Gasteiger partial charge in [0.2, 0.25) is 15.0 Å². The molecule has 0 aliphatic rings. The van der Waals surface area contributed by atoms with E-state index in [-0.39, 0.29) is 5.16 Å². The molecule has 0 bridgehead atoms. The molecule has 3 rings (SSSR count). The zero-order chi connectivity index (χ0) is 15.0. The van der Waals surface area contributed by atoms with E-state index in [0.29, 0.717) is 12.1 Å². The summed E-state index contributed by atoms with van der Waals surface area (Å²) in [6.45, 7) is 2.52. The maximum Gasteiger partial charge on any atom is 0.228 e. The lowest BCUT2D eigenvalue weighted by molar-refractivity contribution is 0.581. The fraction of sp³-hybridized carbons (Fsp3) is 0.188. The van der Waals surface area contributed by atoms with Gasteiger partial charge >= 0.3 is 0 Å². The molecule has 108 valence electrons. The normalized spacial score (nSPS) is 11.9. The first-order chi connectivity index (χ1) is 9.97. The maximum absolute atomic E-state index is 12.0. The minimum Gasteiger partial charge on any atom is -0.310 e. The Morgan fingerprint density at radius 1 is 1.05 bits per heavy atom. The third-order valence-corrected chi connectivity index (χ3v) is 4.52. The van der Waals surface area contributed by atoms with Crippen LogP contribution in [0.15, 0.2) is 53.7 Å². The van der Waals surface area contributed by atoms with Gasteiger partial charge in [-0.05, 0) is 30.2 Å². The van der Waals surface area contributed by atoms with E-state index in [1.807, 2.05) is 55.5 Å². The first-order valence-corrected chi connectivity index (χ1v) is 8.56. The van der Waals surface area contributed by atoms with Gasteiger partial charge in [0.25, 0.3) is 0 Å². The number of imidazole rings is 1. The number of aryl methyl sites for hydroxylation is 1. The zero-order valence-corrected chi connectivity index (χ0v) is 12.8. The fourth-order valence-electron chi connectivity index (χ4n) is 2.45. The number of rotatable bonds is 3. The summed E-state index contributed by atoms with van der Waals surface area (Å²) in [4.78, 5) is 4.28. The number of benzene rings is 2. The Morgan fingerprint density at radius 2 is 1.71 bits per heavy atom. The smallest absolute Gasteiger partial charge is 0.228 e. The Kier molecular flexibility index (Phi) is 3.29. The summed E-state index contributed by atoms with van der Waals surface area (Å²) in [5.74, 6) is 0. The van der Waals surface area contributed by atoms with E-state index in [0.717, 1.165) is 16.6 Å². The second-order valence-electron chi connectivity index (χ2n) is 5.17. The van der Waals surface area contributed by atoms with E-state index in [9.17, 15) is 8.42 Å². The Morgan fingerprint density at radius 3 is 2.43 bits per heavy atom. The summed E-state index contributed by atoms with van der Waals surface area (Å²) in [7, 11) is -3.38. The Bertz CT molecular complexity index is 911. The third kappa shape index (κ3) is 2.56. The van der Waals surface area contributed by atoms with Crippen molar-refractivity contribution < 1.29 is 8.42 Å². The molecule has 21 heavy (non-hydrogen) atoms. The third-order valence-electron chi connectivity index (χ3n) is 3.54. The molecule has 1 aromatic heterocycles. The number of hydrogen-bond donors (Lipinski definition) is 0. The van der Waals surface area contributed by atoms with E-state index in [2.05, 4.69) is 4.98 Å². The average molecular weight is 300 g/mol. The number of hydrogen-bond acceptors (Lipinski definition) is 3. The molecule has 1 heterocycles. The molecule has 0 fully saturated rings. The maximum atomic E-state index is 12.0. The first kappa shape index (κ1) is 13.8. The number of aromatic nitrogens is 2. The first-order valence-electron chi connectivity index (χ1n) is 6.66. The highest BCUT2D eigenvalue weighted by molar-refractivity contribution is 7.90. The summed E-state index contributed by atoms with van der Waals surface area (Å²) in [6, 6.07) is 15.5. The number of fused-ring (bicyclic) bond motifs is 1. The van der Waals surface area contributed by atoms with Crippen LogP contribution in [0.1, 0.15) is 11.1 Å². The Labute approximate surface area is 124 Å². The molecule has 0 spiro atoms. The summed E-state index contributed by atoms with van der Waals surface area (Å²) in [6.07, 6.45) is 1.20. The molecule has 5 heteroatoms. The summed E-state index contributed by atoms with van der Waals surface area (Å²) >= 11 is 0. The number of para-hydroxylation sites is 2.